The zero-order valence-electron chi connectivity index (χ0n) is 32.9. The second-order valence-corrected chi connectivity index (χ2v) is 16.6. The number of anilines is 1. The SMILES string of the molecule is C[C@H](NC(=O)[C@@H]1C[C@@H](O)CN1C(=O)CCCC(=O)O)C(=O)N[C@@H](CO)C(=O)NC(C(=O)N[C@@H](CCC(N)=O)C(=O)Nc1ccc(CNP(N)(N)=O)cc1)C1CCCCC1. The van der Waals surface area contributed by atoms with Crippen molar-refractivity contribution in [2.45, 2.75) is 120 Å². The highest BCUT2D eigenvalue weighted by atomic mass is 31.2. The lowest BCUT2D eigenvalue weighted by Crippen LogP contribution is -2.60. The zero-order valence-corrected chi connectivity index (χ0v) is 33.8. The third-order valence-corrected chi connectivity index (χ3v) is 10.7. The quantitative estimate of drug-likeness (QED) is 0.0549. The van der Waals surface area contributed by atoms with E-state index in [2.05, 4.69) is 31.7 Å². The van der Waals surface area contributed by atoms with Gasteiger partial charge in [-0.2, -0.15) is 0 Å². The molecule has 6 atom stereocenters. The predicted molar refractivity (Wildman–Crippen MR) is 211 cm³/mol. The van der Waals surface area contributed by atoms with Crippen LogP contribution in [0.5, 0.6) is 0 Å². The standard InChI is InChI=1S/C36H57N10O12P/c1-20(41-35(56)27-16-24(48)18-46(27)29(50)8-5-9-30(51)52)32(53)44-26(19-47)34(55)45-31(22-6-3-2-4-7-22)36(57)43-25(14-15-28(37)49)33(54)42-23-12-10-21(11-13-23)17-40-59(38,39)58/h10-13,20,22,24-27,31,47-48H,2-9,14-19H2,1H3,(H2,37,49)(H,41,56)(H,42,54)(H,43,57)(H,44,53)(H,45,55)(H,51,52)(H5,38,39,40,58)/t20-,24+,25-,26-,27-,31?/m0/s1. The van der Waals surface area contributed by atoms with E-state index in [1.807, 2.05) is 0 Å². The fraction of sp³-hybridized carbons (Fsp3) is 0.611. The Morgan fingerprint density at radius 3 is 2.08 bits per heavy atom. The summed E-state index contributed by atoms with van der Waals surface area (Å²) in [6.45, 7) is 0.329. The molecule has 1 aliphatic carbocycles. The van der Waals surface area contributed by atoms with Crippen molar-refractivity contribution >= 4 is 60.6 Å². The van der Waals surface area contributed by atoms with Crippen molar-refractivity contribution in [3.05, 3.63) is 29.8 Å². The van der Waals surface area contributed by atoms with Crippen LogP contribution in [0.25, 0.3) is 0 Å². The van der Waals surface area contributed by atoms with E-state index in [0.717, 1.165) is 24.2 Å². The maximum Gasteiger partial charge on any atom is 0.303 e. The van der Waals surface area contributed by atoms with Crippen molar-refractivity contribution in [2.24, 2.45) is 22.7 Å². The zero-order chi connectivity index (χ0) is 43.9. The molecule has 3 rings (SSSR count). The minimum atomic E-state index is -3.47. The highest BCUT2D eigenvalue weighted by Crippen LogP contribution is 2.27. The number of hydrogen-bond donors (Lipinski definition) is 12. The van der Waals surface area contributed by atoms with E-state index in [1.165, 1.54) is 6.92 Å². The molecule has 23 heteroatoms. The van der Waals surface area contributed by atoms with E-state index in [1.54, 1.807) is 24.3 Å². The third kappa shape index (κ3) is 16.3. The predicted octanol–water partition coefficient (Wildman–Crippen LogP) is -2.25. The summed E-state index contributed by atoms with van der Waals surface area (Å²) in [5, 5.41) is 44.4. The number of nitrogens with two attached hydrogens (primary N) is 3. The number of β-amino-alcohol motifs (C(OH)–C–C–N with tert-alkyl or cyclic N) is 1. The molecule has 0 radical (unpaired) electrons. The van der Waals surface area contributed by atoms with Gasteiger partial charge in [0.25, 0.3) is 7.59 Å². The first kappa shape index (κ1) is 48.4. The van der Waals surface area contributed by atoms with Gasteiger partial charge < -0.3 is 52.5 Å². The van der Waals surface area contributed by atoms with E-state index < -0.39 is 104 Å². The first-order valence-corrected chi connectivity index (χ1v) is 21.2. The van der Waals surface area contributed by atoms with Gasteiger partial charge >= 0.3 is 5.97 Å². The number of nitrogens with zero attached hydrogens (tertiary/aromatic N) is 1. The molecular weight excluding hydrogens is 795 g/mol. The fourth-order valence-corrected chi connectivity index (χ4v) is 7.25. The Hall–Kier alpha value is -4.99. The summed E-state index contributed by atoms with van der Waals surface area (Å²) in [5.74, 6) is -6.80. The van der Waals surface area contributed by atoms with Crippen LogP contribution in [0.3, 0.4) is 0 Å². The average molecular weight is 853 g/mol. The van der Waals surface area contributed by atoms with Crippen LogP contribution in [0.2, 0.25) is 0 Å². The van der Waals surface area contributed by atoms with Crippen LogP contribution in [-0.2, 0) is 49.5 Å². The molecule has 59 heavy (non-hydrogen) atoms. The lowest BCUT2D eigenvalue weighted by Gasteiger charge is -2.32. The summed E-state index contributed by atoms with van der Waals surface area (Å²) < 4.78 is 11.6. The lowest BCUT2D eigenvalue weighted by atomic mass is 9.83. The minimum absolute atomic E-state index is 0.0286. The summed E-state index contributed by atoms with van der Waals surface area (Å²) in [7, 11) is -3.47. The molecular formula is C36H57N10O12P. The topological polar surface area (TPSA) is 368 Å². The Morgan fingerprint density at radius 2 is 1.49 bits per heavy atom. The number of nitrogens with one attached hydrogen (secondary N) is 6. The van der Waals surface area contributed by atoms with E-state index in [4.69, 9.17) is 21.8 Å². The number of carbonyl (C=O) groups is 8. The molecule has 0 spiro atoms. The first-order valence-electron chi connectivity index (χ1n) is 19.4. The van der Waals surface area contributed by atoms with Crippen molar-refractivity contribution < 1.29 is 58.2 Å². The molecule has 22 nitrogen and oxygen atoms in total. The largest absolute Gasteiger partial charge is 0.481 e. The maximum absolute atomic E-state index is 13.9. The molecule has 2 aliphatic rings. The van der Waals surface area contributed by atoms with Crippen LogP contribution < -0.4 is 48.4 Å². The number of carbonyl (C=O) groups excluding carboxylic acids is 7. The lowest BCUT2D eigenvalue weighted by molar-refractivity contribution is -0.140. The molecule has 2 fully saturated rings. The number of aliphatic carboxylic acids is 1. The second-order valence-electron chi connectivity index (χ2n) is 14.9. The number of amides is 7. The molecule has 0 aromatic heterocycles. The summed E-state index contributed by atoms with van der Waals surface area (Å²) in [6, 6.07) is -0.221. The Bertz CT molecular complexity index is 1720. The van der Waals surface area contributed by atoms with E-state index >= 15 is 0 Å². The monoisotopic (exact) mass is 852 g/mol. The van der Waals surface area contributed by atoms with Gasteiger partial charge in [0.2, 0.25) is 41.4 Å². The van der Waals surface area contributed by atoms with Gasteiger partial charge in [0.1, 0.15) is 30.2 Å². The Morgan fingerprint density at radius 1 is 0.847 bits per heavy atom. The number of aliphatic hydroxyl groups is 2. The highest BCUT2D eigenvalue weighted by Gasteiger charge is 2.40. The Balaban J connectivity index is 1.68. The minimum Gasteiger partial charge on any atom is -0.481 e. The van der Waals surface area contributed by atoms with Gasteiger partial charge in [0, 0.05) is 44.5 Å². The van der Waals surface area contributed by atoms with Gasteiger partial charge in [-0.1, -0.05) is 31.4 Å². The van der Waals surface area contributed by atoms with Crippen molar-refractivity contribution in [1.29, 1.82) is 0 Å². The molecule has 0 bridgehead atoms. The summed E-state index contributed by atoms with van der Waals surface area (Å²) in [4.78, 5) is 104. The van der Waals surface area contributed by atoms with Gasteiger partial charge in [-0.05, 0) is 56.2 Å². The van der Waals surface area contributed by atoms with E-state index in [0.29, 0.717) is 24.1 Å². The summed E-state index contributed by atoms with van der Waals surface area (Å²) in [5.41, 5.74) is 17.0. The number of primary amides is 1. The van der Waals surface area contributed by atoms with Crippen molar-refractivity contribution in [3.8, 4) is 0 Å². The molecule has 1 unspecified atom stereocenters. The molecule has 1 aromatic rings. The maximum atomic E-state index is 13.9. The van der Waals surface area contributed by atoms with Gasteiger partial charge in [-0.15, -0.1) is 0 Å². The normalized spacial score (nSPS) is 19.0. The molecule has 7 amide bonds. The number of carboxylic acid groups (broad SMARTS) is 1. The van der Waals surface area contributed by atoms with Gasteiger partial charge in [0.05, 0.1) is 12.7 Å². The highest BCUT2D eigenvalue weighted by molar-refractivity contribution is 7.56. The second kappa shape index (κ2) is 23.0. The fourth-order valence-electron chi connectivity index (χ4n) is 6.82. The van der Waals surface area contributed by atoms with Crippen molar-refractivity contribution in [1.82, 2.24) is 31.3 Å². The molecule has 1 aromatic carbocycles. The smallest absolute Gasteiger partial charge is 0.303 e. The number of carboxylic acids is 1. The van der Waals surface area contributed by atoms with E-state index in [-0.39, 0.29) is 51.6 Å². The molecule has 1 saturated carbocycles. The van der Waals surface area contributed by atoms with Crippen LogP contribution in [-0.4, -0.2) is 117 Å². The molecule has 1 saturated heterocycles. The van der Waals surface area contributed by atoms with Gasteiger partial charge in [-0.25, -0.2) is 5.09 Å². The first-order chi connectivity index (χ1) is 27.8. The molecule has 328 valence electrons. The van der Waals surface area contributed by atoms with Gasteiger partial charge in [0.15, 0.2) is 0 Å². The molecule has 15 N–H and O–H groups in total. The Labute approximate surface area is 341 Å². The average Bonchev–Trinajstić information content (AvgIpc) is 3.58. The number of benzene rings is 1. The third-order valence-electron chi connectivity index (χ3n) is 10.0. The number of hydrogen-bond acceptors (Lipinski definition) is 11. The van der Waals surface area contributed by atoms with Crippen molar-refractivity contribution in [3.63, 3.8) is 0 Å². The number of likely N-dealkylation sites (tertiary alicyclic amines) is 1. The van der Waals surface area contributed by atoms with Crippen LogP contribution >= 0.6 is 7.59 Å². The van der Waals surface area contributed by atoms with Crippen LogP contribution in [0.15, 0.2) is 24.3 Å². The summed E-state index contributed by atoms with van der Waals surface area (Å²) >= 11 is 0. The number of rotatable bonds is 22. The molecule has 1 heterocycles. The van der Waals surface area contributed by atoms with E-state index in [9.17, 15) is 53.1 Å². The van der Waals surface area contributed by atoms with Crippen molar-refractivity contribution in [2.75, 3.05) is 18.5 Å². The van der Waals surface area contributed by atoms with Crippen LogP contribution in [0.4, 0.5) is 5.69 Å². The van der Waals surface area contributed by atoms with Gasteiger partial charge in [-0.3, -0.25) is 53.9 Å². The Kier molecular flexibility index (Phi) is 18.8. The van der Waals surface area contributed by atoms with Crippen LogP contribution in [0.1, 0.15) is 83.1 Å². The van der Waals surface area contributed by atoms with Crippen LogP contribution in [0, 0.1) is 5.92 Å². The summed E-state index contributed by atoms with van der Waals surface area (Å²) in [6.07, 6.45) is 1.47. The molecule has 1 aliphatic heterocycles. The number of aliphatic hydroxyl groups excluding tert-OH is 2.